The van der Waals surface area contributed by atoms with Gasteiger partial charge in [-0.25, -0.2) is 0 Å². The van der Waals surface area contributed by atoms with E-state index >= 15 is 0 Å². The van der Waals surface area contributed by atoms with Crippen molar-refractivity contribution >= 4 is 17.3 Å². The summed E-state index contributed by atoms with van der Waals surface area (Å²) in [6.45, 7) is 3.02. The number of piperidine rings is 1. The molecular weight excluding hydrogens is 248 g/mol. The topological polar surface area (TPSA) is 35.5 Å². The number of nitrogens with zero attached hydrogens (tertiary/aromatic N) is 1. The lowest BCUT2D eigenvalue weighted by atomic mass is 9.97. The van der Waals surface area contributed by atoms with E-state index in [9.17, 15) is 5.11 Å². The Hall–Kier alpha value is -0.770. The van der Waals surface area contributed by atoms with Crippen LogP contribution >= 0.6 is 11.6 Å². The molecule has 1 aromatic carbocycles. The summed E-state index contributed by atoms with van der Waals surface area (Å²) in [5.74, 6) is 0.389. The van der Waals surface area contributed by atoms with Gasteiger partial charge < -0.3 is 15.3 Å². The van der Waals surface area contributed by atoms with Crippen molar-refractivity contribution in [2.24, 2.45) is 5.92 Å². The molecule has 1 atom stereocenters. The van der Waals surface area contributed by atoms with Crippen molar-refractivity contribution in [3.63, 3.8) is 0 Å². The Morgan fingerprint density at radius 2 is 2.33 bits per heavy atom. The second kappa shape index (κ2) is 6.41. The number of aliphatic hydroxyl groups excluding tert-OH is 1. The molecule has 1 heterocycles. The third-order valence-corrected chi connectivity index (χ3v) is 3.92. The summed E-state index contributed by atoms with van der Waals surface area (Å²) in [6, 6.07) is 6.06. The van der Waals surface area contributed by atoms with Crippen LogP contribution in [-0.4, -0.2) is 31.9 Å². The maximum absolute atomic E-state index is 9.32. The molecule has 3 nitrogen and oxygen atoms in total. The molecule has 1 unspecified atom stereocenters. The van der Waals surface area contributed by atoms with Crippen molar-refractivity contribution in [2.45, 2.75) is 19.4 Å². The predicted octanol–water partition coefficient (Wildman–Crippen LogP) is 2.27. The summed E-state index contributed by atoms with van der Waals surface area (Å²) in [5, 5.41) is 13.3. The normalized spacial score (nSPS) is 20.2. The third-order valence-electron chi connectivity index (χ3n) is 3.57. The minimum absolute atomic E-state index is 0.276. The Labute approximate surface area is 114 Å². The molecule has 0 aliphatic carbocycles. The van der Waals surface area contributed by atoms with Crippen LogP contribution in [0.5, 0.6) is 0 Å². The highest BCUT2D eigenvalue weighted by atomic mass is 35.5. The molecule has 100 valence electrons. The van der Waals surface area contributed by atoms with E-state index < -0.39 is 0 Å². The van der Waals surface area contributed by atoms with Gasteiger partial charge in [0.15, 0.2) is 0 Å². The lowest BCUT2D eigenvalue weighted by Gasteiger charge is -2.35. The molecule has 4 heteroatoms. The van der Waals surface area contributed by atoms with Gasteiger partial charge in [-0.2, -0.15) is 0 Å². The maximum Gasteiger partial charge on any atom is 0.0476 e. The van der Waals surface area contributed by atoms with Crippen LogP contribution in [-0.2, 0) is 6.54 Å². The monoisotopic (exact) mass is 268 g/mol. The van der Waals surface area contributed by atoms with Crippen molar-refractivity contribution in [3.05, 3.63) is 28.8 Å². The number of rotatable bonds is 4. The maximum atomic E-state index is 9.32. The van der Waals surface area contributed by atoms with Gasteiger partial charge in [0, 0.05) is 42.5 Å². The van der Waals surface area contributed by atoms with E-state index in [-0.39, 0.29) is 6.61 Å². The fraction of sp³-hybridized carbons (Fsp3) is 0.571. The summed E-state index contributed by atoms with van der Waals surface area (Å²) in [5.41, 5.74) is 2.36. The molecule has 0 bridgehead atoms. The third kappa shape index (κ3) is 2.97. The summed E-state index contributed by atoms with van der Waals surface area (Å²) in [4.78, 5) is 2.35. The molecule has 2 rings (SSSR count). The number of benzene rings is 1. The number of anilines is 1. The zero-order valence-electron chi connectivity index (χ0n) is 10.8. The Bertz CT molecular complexity index is 397. The fourth-order valence-electron chi connectivity index (χ4n) is 2.63. The highest BCUT2D eigenvalue weighted by Crippen LogP contribution is 2.30. The first-order valence-corrected chi connectivity index (χ1v) is 6.92. The van der Waals surface area contributed by atoms with Crippen LogP contribution < -0.4 is 10.2 Å². The number of nitrogens with one attached hydrogen (secondary N) is 1. The summed E-state index contributed by atoms with van der Waals surface area (Å²) in [6.07, 6.45) is 2.26. The zero-order valence-corrected chi connectivity index (χ0v) is 11.6. The summed E-state index contributed by atoms with van der Waals surface area (Å²) < 4.78 is 0. The van der Waals surface area contributed by atoms with Crippen LogP contribution in [0.1, 0.15) is 18.4 Å². The molecule has 0 radical (unpaired) electrons. The van der Waals surface area contributed by atoms with Crippen LogP contribution in [0.4, 0.5) is 5.69 Å². The van der Waals surface area contributed by atoms with E-state index in [0.29, 0.717) is 5.92 Å². The van der Waals surface area contributed by atoms with Crippen LogP contribution in [0.3, 0.4) is 0 Å². The molecule has 18 heavy (non-hydrogen) atoms. The first kappa shape index (κ1) is 13.7. The second-order valence-electron chi connectivity index (χ2n) is 4.90. The molecule has 1 aliphatic rings. The van der Waals surface area contributed by atoms with Crippen LogP contribution in [0.2, 0.25) is 5.02 Å². The van der Waals surface area contributed by atoms with E-state index in [1.54, 1.807) is 0 Å². The Morgan fingerprint density at radius 1 is 1.50 bits per heavy atom. The van der Waals surface area contributed by atoms with Crippen molar-refractivity contribution in [3.8, 4) is 0 Å². The molecule has 0 amide bonds. The van der Waals surface area contributed by atoms with Gasteiger partial charge in [0.25, 0.3) is 0 Å². The fourth-order valence-corrected chi connectivity index (χ4v) is 2.86. The van der Waals surface area contributed by atoms with Gasteiger partial charge in [-0.1, -0.05) is 17.7 Å². The largest absolute Gasteiger partial charge is 0.396 e. The first-order valence-electron chi connectivity index (χ1n) is 6.54. The van der Waals surface area contributed by atoms with Gasteiger partial charge in [-0.3, -0.25) is 0 Å². The van der Waals surface area contributed by atoms with Gasteiger partial charge in [0.2, 0.25) is 0 Å². The van der Waals surface area contributed by atoms with Crippen LogP contribution in [0.15, 0.2) is 18.2 Å². The number of hydrogen-bond acceptors (Lipinski definition) is 3. The highest BCUT2D eigenvalue weighted by Gasteiger charge is 2.21. The molecule has 0 spiro atoms. The van der Waals surface area contributed by atoms with Crippen molar-refractivity contribution < 1.29 is 5.11 Å². The molecule has 1 aliphatic heterocycles. The SMILES string of the molecule is CNCc1c(Cl)cccc1N1CCCC(CO)C1. The van der Waals surface area contributed by atoms with E-state index in [1.807, 2.05) is 19.2 Å². The number of hydrogen-bond donors (Lipinski definition) is 2. The highest BCUT2D eigenvalue weighted by molar-refractivity contribution is 6.31. The lowest BCUT2D eigenvalue weighted by Crippen LogP contribution is -2.37. The molecular formula is C14H21ClN2O. The van der Waals surface area contributed by atoms with Crippen molar-refractivity contribution in [2.75, 3.05) is 31.6 Å². The van der Waals surface area contributed by atoms with Crippen LogP contribution in [0.25, 0.3) is 0 Å². The molecule has 1 fully saturated rings. The summed E-state index contributed by atoms with van der Waals surface area (Å²) in [7, 11) is 1.93. The molecule has 0 aromatic heterocycles. The molecule has 0 saturated carbocycles. The quantitative estimate of drug-likeness (QED) is 0.879. The van der Waals surface area contributed by atoms with E-state index in [4.69, 9.17) is 11.6 Å². The Morgan fingerprint density at radius 3 is 3.06 bits per heavy atom. The van der Waals surface area contributed by atoms with E-state index in [1.165, 1.54) is 5.69 Å². The first-order chi connectivity index (χ1) is 8.76. The number of aliphatic hydroxyl groups is 1. The number of halogens is 1. The van der Waals surface area contributed by atoms with Gasteiger partial charge in [-0.05, 0) is 37.9 Å². The van der Waals surface area contributed by atoms with Gasteiger partial charge in [0.05, 0.1) is 0 Å². The minimum Gasteiger partial charge on any atom is -0.396 e. The van der Waals surface area contributed by atoms with Gasteiger partial charge >= 0.3 is 0 Å². The molecule has 1 saturated heterocycles. The molecule has 1 aromatic rings. The zero-order chi connectivity index (χ0) is 13.0. The van der Waals surface area contributed by atoms with Crippen molar-refractivity contribution in [1.29, 1.82) is 0 Å². The Kier molecular flexibility index (Phi) is 4.87. The smallest absolute Gasteiger partial charge is 0.0476 e. The van der Waals surface area contributed by atoms with E-state index in [2.05, 4.69) is 16.3 Å². The van der Waals surface area contributed by atoms with Crippen molar-refractivity contribution in [1.82, 2.24) is 5.32 Å². The van der Waals surface area contributed by atoms with E-state index in [0.717, 1.165) is 43.1 Å². The minimum atomic E-state index is 0.276. The van der Waals surface area contributed by atoms with Gasteiger partial charge in [-0.15, -0.1) is 0 Å². The summed E-state index contributed by atoms with van der Waals surface area (Å²) >= 11 is 6.28. The average Bonchev–Trinajstić information content (AvgIpc) is 2.41. The van der Waals surface area contributed by atoms with Gasteiger partial charge in [0.1, 0.15) is 0 Å². The van der Waals surface area contributed by atoms with Crippen LogP contribution in [0, 0.1) is 5.92 Å². The second-order valence-corrected chi connectivity index (χ2v) is 5.31. The average molecular weight is 269 g/mol. The lowest BCUT2D eigenvalue weighted by molar-refractivity contribution is 0.208. The molecule has 2 N–H and O–H groups in total. The standard InChI is InChI=1S/C14H21ClN2O/c1-16-8-12-13(15)5-2-6-14(12)17-7-3-4-11(9-17)10-18/h2,5-6,11,16,18H,3-4,7-10H2,1H3. The Balaban J connectivity index is 2.23. The predicted molar refractivity (Wildman–Crippen MR) is 76.2 cm³/mol.